The van der Waals surface area contributed by atoms with Gasteiger partial charge in [-0.3, -0.25) is 4.79 Å². The van der Waals surface area contributed by atoms with Crippen molar-refractivity contribution in [2.75, 3.05) is 32.1 Å². The molecule has 0 unspecified atom stereocenters. The first-order chi connectivity index (χ1) is 8.79. The number of nitrogens with zero attached hydrogens (tertiary/aromatic N) is 1. The van der Waals surface area contributed by atoms with Gasteiger partial charge in [0.05, 0.1) is 13.7 Å². The SMILES string of the molecule is COc1ccc(NCC(=O)N2CCCCC2)cc1. The van der Waals surface area contributed by atoms with Crippen molar-refractivity contribution in [2.45, 2.75) is 19.3 Å². The smallest absolute Gasteiger partial charge is 0.241 e. The van der Waals surface area contributed by atoms with Crippen molar-refractivity contribution in [3.63, 3.8) is 0 Å². The fraction of sp³-hybridized carbons (Fsp3) is 0.500. The van der Waals surface area contributed by atoms with Crippen LogP contribution in [0.1, 0.15) is 19.3 Å². The summed E-state index contributed by atoms with van der Waals surface area (Å²) in [6.45, 7) is 2.18. The van der Waals surface area contributed by atoms with E-state index in [-0.39, 0.29) is 5.91 Å². The Bertz CT molecular complexity index is 383. The Balaban J connectivity index is 1.80. The fourth-order valence-electron chi connectivity index (χ4n) is 2.14. The minimum atomic E-state index is 0.186. The first-order valence-corrected chi connectivity index (χ1v) is 6.45. The number of benzene rings is 1. The summed E-state index contributed by atoms with van der Waals surface area (Å²) in [5, 5.41) is 3.15. The molecule has 1 fully saturated rings. The number of hydrogen-bond acceptors (Lipinski definition) is 3. The maximum atomic E-state index is 11.9. The van der Waals surface area contributed by atoms with Crippen molar-refractivity contribution in [1.82, 2.24) is 4.90 Å². The molecule has 1 N–H and O–H groups in total. The van der Waals surface area contributed by atoms with Crippen molar-refractivity contribution in [3.05, 3.63) is 24.3 Å². The number of carbonyl (C=O) groups excluding carboxylic acids is 1. The molecule has 1 aromatic rings. The highest BCUT2D eigenvalue weighted by Crippen LogP contribution is 2.15. The van der Waals surface area contributed by atoms with Crippen LogP contribution in [0.3, 0.4) is 0 Å². The topological polar surface area (TPSA) is 41.6 Å². The summed E-state index contributed by atoms with van der Waals surface area (Å²) in [5.41, 5.74) is 0.946. The van der Waals surface area contributed by atoms with Crippen LogP contribution in [0.25, 0.3) is 0 Å². The summed E-state index contributed by atoms with van der Waals surface area (Å²) in [4.78, 5) is 13.9. The molecule has 0 atom stereocenters. The van der Waals surface area contributed by atoms with Gasteiger partial charge in [0, 0.05) is 18.8 Å². The van der Waals surface area contributed by atoms with Gasteiger partial charge in [0.1, 0.15) is 5.75 Å². The Morgan fingerprint density at radius 2 is 1.89 bits per heavy atom. The molecule has 1 aliphatic heterocycles. The zero-order valence-corrected chi connectivity index (χ0v) is 10.8. The van der Waals surface area contributed by atoms with Crippen molar-refractivity contribution in [1.29, 1.82) is 0 Å². The van der Waals surface area contributed by atoms with Crippen LogP contribution in [0, 0.1) is 0 Å². The van der Waals surface area contributed by atoms with Crippen LogP contribution in [-0.2, 0) is 4.79 Å². The molecule has 98 valence electrons. The molecular formula is C14H20N2O2. The second kappa shape index (κ2) is 6.28. The van der Waals surface area contributed by atoms with Crippen molar-refractivity contribution < 1.29 is 9.53 Å². The van der Waals surface area contributed by atoms with E-state index in [2.05, 4.69) is 5.32 Å². The summed E-state index contributed by atoms with van der Waals surface area (Å²) in [6, 6.07) is 7.60. The number of hydrogen-bond donors (Lipinski definition) is 1. The predicted octanol–water partition coefficient (Wildman–Crippen LogP) is 2.12. The Kier molecular flexibility index (Phi) is 4.45. The summed E-state index contributed by atoms with van der Waals surface area (Å²) in [7, 11) is 1.64. The molecule has 4 heteroatoms. The zero-order valence-electron chi connectivity index (χ0n) is 10.8. The number of methoxy groups -OCH3 is 1. The highest BCUT2D eigenvalue weighted by atomic mass is 16.5. The van der Waals surface area contributed by atoms with E-state index >= 15 is 0 Å². The standard InChI is InChI=1S/C14H20N2O2/c1-18-13-7-5-12(6-8-13)15-11-14(17)16-9-3-2-4-10-16/h5-8,15H,2-4,9-11H2,1H3. The van der Waals surface area contributed by atoms with E-state index in [1.807, 2.05) is 29.2 Å². The highest BCUT2D eigenvalue weighted by Gasteiger charge is 2.15. The maximum absolute atomic E-state index is 11.9. The van der Waals surface area contributed by atoms with Gasteiger partial charge in [0.2, 0.25) is 5.91 Å². The van der Waals surface area contributed by atoms with Gasteiger partial charge in [0.15, 0.2) is 0 Å². The minimum Gasteiger partial charge on any atom is -0.497 e. The van der Waals surface area contributed by atoms with Crippen molar-refractivity contribution in [2.24, 2.45) is 0 Å². The predicted molar refractivity (Wildman–Crippen MR) is 71.9 cm³/mol. The molecule has 0 bridgehead atoms. The Morgan fingerprint density at radius 1 is 1.22 bits per heavy atom. The van der Waals surface area contributed by atoms with Gasteiger partial charge in [-0.1, -0.05) is 0 Å². The number of ether oxygens (including phenoxy) is 1. The van der Waals surface area contributed by atoms with E-state index in [1.165, 1.54) is 6.42 Å². The van der Waals surface area contributed by atoms with Crippen molar-refractivity contribution in [3.8, 4) is 5.75 Å². The summed E-state index contributed by atoms with van der Waals surface area (Å²) >= 11 is 0. The second-order valence-electron chi connectivity index (χ2n) is 4.52. The van der Waals surface area contributed by atoms with Crippen LogP contribution in [0.15, 0.2) is 24.3 Å². The van der Waals surface area contributed by atoms with Crippen LogP contribution in [0.2, 0.25) is 0 Å². The molecule has 1 aromatic carbocycles. The number of carbonyl (C=O) groups is 1. The number of likely N-dealkylation sites (tertiary alicyclic amines) is 1. The third kappa shape index (κ3) is 3.39. The van der Waals surface area contributed by atoms with Crippen LogP contribution in [-0.4, -0.2) is 37.6 Å². The number of nitrogens with one attached hydrogen (secondary N) is 1. The van der Waals surface area contributed by atoms with E-state index in [4.69, 9.17) is 4.74 Å². The van der Waals surface area contributed by atoms with Gasteiger partial charge in [-0.15, -0.1) is 0 Å². The van der Waals surface area contributed by atoms with Gasteiger partial charge in [0.25, 0.3) is 0 Å². The lowest BCUT2D eigenvalue weighted by Crippen LogP contribution is -2.39. The molecular weight excluding hydrogens is 228 g/mol. The molecule has 0 aliphatic carbocycles. The lowest BCUT2D eigenvalue weighted by molar-refractivity contribution is -0.130. The average Bonchev–Trinajstić information content (AvgIpc) is 2.46. The zero-order chi connectivity index (χ0) is 12.8. The number of piperidine rings is 1. The van der Waals surface area contributed by atoms with Gasteiger partial charge < -0.3 is 15.0 Å². The summed E-state index contributed by atoms with van der Waals surface area (Å²) in [6.07, 6.45) is 3.51. The molecule has 0 saturated carbocycles. The molecule has 2 rings (SSSR count). The lowest BCUT2D eigenvalue weighted by Gasteiger charge is -2.26. The quantitative estimate of drug-likeness (QED) is 0.887. The molecule has 18 heavy (non-hydrogen) atoms. The van der Waals surface area contributed by atoms with Crippen LogP contribution in [0.5, 0.6) is 5.75 Å². The van der Waals surface area contributed by atoms with Gasteiger partial charge >= 0.3 is 0 Å². The molecule has 0 spiro atoms. The molecule has 1 saturated heterocycles. The molecule has 0 radical (unpaired) electrons. The van der Waals surface area contributed by atoms with Crippen LogP contribution >= 0.6 is 0 Å². The number of anilines is 1. The summed E-state index contributed by atoms with van der Waals surface area (Å²) in [5.74, 6) is 1.01. The number of rotatable bonds is 4. The van der Waals surface area contributed by atoms with Crippen molar-refractivity contribution >= 4 is 11.6 Å². The second-order valence-corrected chi connectivity index (χ2v) is 4.52. The van der Waals surface area contributed by atoms with Gasteiger partial charge in [-0.05, 0) is 43.5 Å². The Labute approximate surface area is 108 Å². The van der Waals surface area contributed by atoms with E-state index in [9.17, 15) is 4.79 Å². The Morgan fingerprint density at radius 3 is 2.50 bits per heavy atom. The van der Waals surface area contributed by atoms with E-state index in [0.29, 0.717) is 6.54 Å². The normalized spacial score (nSPS) is 15.3. The first-order valence-electron chi connectivity index (χ1n) is 6.45. The largest absolute Gasteiger partial charge is 0.497 e. The monoisotopic (exact) mass is 248 g/mol. The molecule has 1 amide bonds. The van der Waals surface area contributed by atoms with Gasteiger partial charge in [-0.2, -0.15) is 0 Å². The third-order valence-electron chi connectivity index (χ3n) is 3.24. The average molecular weight is 248 g/mol. The van der Waals surface area contributed by atoms with Crippen LogP contribution < -0.4 is 10.1 Å². The first kappa shape index (κ1) is 12.7. The Hall–Kier alpha value is -1.71. The molecule has 1 aliphatic rings. The van der Waals surface area contributed by atoms with E-state index in [1.54, 1.807) is 7.11 Å². The third-order valence-corrected chi connectivity index (χ3v) is 3.24. The van der Waals surface area contributed by atoms with E-state index in [0.717, 1.165) is 37.4 Å². The van der Waals surface area contributed by atoms with E-state index < -0.39 is 0 Å². The summed E-state index contributed by atoms with van der Waals surface area (Å²) < 4.78 is 5.09. The molecule has 0 aromatic heterocycles. The molecule has 1 heterocycles. The maximum Gasteiger partial charge on any atom is 0.241 e. The minimum absolute atomic E-state index is 0.186. The highest BCUT2D eigenvalue weighted by molar-refractivity contribution is 5.80. The number of amides is 1. The van der Waals surface area contributed by atoms with Crippen LogP contribution in [0.4, 0.5) is 5.69 Å². The fourth-order valence-corrected chi connectivity index (χ4v) is 2.14. The lowest BCUT2D eigenvalue weighted by atomic mass is 10.1. The molecule has 4 nitrogen and oxygen atoms in total. The van der Waals surface area contributed by atoms with Gasteiger partial charge in [-0.25, -0.2) is 0 Å².